The van der Waals surface area contributed by atoms with E-state index in [0.717, 1.165) is 57.8 Å². The zero-order chi connectivity index (χ0) is 17.2. The largest absolute Gasteiger partial charge is 0.379 e. The lowest BCUT2D eigenvalue weighted by atomic mass is 9.96. The van der Waals surface area contributed by atoms with Gasteiger partial charge in [-0.2, -0.15) is 0 Å². The fraction of sp³-hybridized carbons (Fsp3) is 1.00. The van der Waals surface area contributed by atoms with Crippen LogP contribution in [0.1, 0.15) is 52.9 Å². The fourth-order valence-corrected chi connectivity index (χ4v) is 3.79. The van der Waals surface area contributed by atoms with Gasteiger partial charge in [-0.05, 0) is 44.2 Å². The van der Waals surface area contributed by atoms with Gasteiger partial charge < -0.3 is 9.47 Å². The van der Waals surface area contributed by atoms with Crippen molar-refractivity contribution < 1.29 is 9.47 Å². The van der Waals surface area contributed by atoms with Crippen LogP contribution in [0.2, 0.25) is 0 Å². The van der Waals surface area contributed by atoms with Crippen molar-refractivity contribution in [1.82, 2.24) is 9.80 Å². The Balaban J connectivity index is 1.53. The lowest BCUT2D eigenvalue weighted by Crippen LogP contribution is -2.43. The van der Waals surface area contributed by atoms with Crippen LogP contribution in [0.5, 0.6) is 0 Å². The highest BCUT2D eigenvalue weighted by molar-refractivity contribution is 4.74. The van der Waals surface area contributed by atoms with Gasteiger partial charge in [0, 0.05) is 26.2 Å². The summed E-state index contributed by atoms with van der Waals surface area (Å²) in [5.41, 5.74) is 0. The molecule has 2 saturated heterocycles. The molecule has 2 heterocycles. The van der Waals surface area contributed by atoms with E-state index >= 15 is 0 Å². The highest BCUT2D eigenvalue weighted by Gasteiger charge is 2.22. The van der Waals surface area contributed by atoms with Gasteiger partial charge in [0.2, 0.25) is 0 Å². The average molecular weight is 341 g/mol. The number of ether oxygens (including phenoxy) is 2. The van der Waals surface area contributed by atoms with Crippen LogP contribution in [-0.2, 0) is 9.47 Å². The van der Waals surface area contributed by atoms with Crippen molar-refractivity contribution in [1.29, 1.82) is 0 Å². The van der Waals surface area contributed by atoms with E-state index in [1.54, 1.807) is 0 Å². The monoisotopic (exact) mass is 340 g/mol. The van der Waals surface area contributed by atoms with Crippen LogP contribution in [0.4, 0.5) is 0 Å². The van der Waals surface area contributed by atoms with Crippen molar-refractivity contribution in [3.8, 4) is 0 Å². The van der Waals surface area contributed by atoms with Crippen molar-refractivity contribution >= 4 is 0 Å². The molecule has 2 aliphatic heterocycles. The molecule has 0 aromatic rings. The molecule has 2 unspecified atom stereocenters. The minimum atomic E-state index is 0.458. The molecule has 0 N–H and O–H groups in total. The third kappa shape index (κ3) is 8.28. The molecule has 2 rings (SSSR count). The van der Waals surface area contributed by atoms with Gasteiger partial charge in [-0.15, -0.1) is 0 Å². The van der Waals surface area contributed by atoms with E-state index in [9.17, 15) is 0 Å². The topological polar surface area (TPSA) is 24.9 Å². The first-order chi connectivity index (χ1) is 11.6. The summed E-state index contributed by atoms with van der Waals surface area (Å²) in [6, 6.07) is 0. The summed E-state index contributed by atoms with van der Waals surface area (Å²) in [6.07, 6.45) is 7.02. The minimum Gasteiger partial charge on any atom is -0.379 e. The number of hydrogen-bond acceptors (Lipinski definition) is 4. The predicted molar refractivity (Wildman–Crippen MR) is 101 cm³/mol. The maximum Gasteiger partial charge on any atom is 0.0705 e. The van der Waals surface area contributed by atoms with Crippen LogP contribution in [0.25, 0.3) is 0 Å². The molecule has 0 amide bonds. The predicted octanol–water partition coefficient (Wildman–Crippen LogP) is 3.26. The molecule has 142 valence electrons. The van der Waals surface area contributed by atoms with Crippen molar-refractivity contribution in [2.45, 2.75) is 59.0 Å². The van der Waals surface area contributed by atoms with E-state index in [4.69, 9.17) is 9.47 Å². The highest BCUT2D eigenvalue weighted by Crippen LogP contribution is 2.19. The number of unbranched alkanes of at least 4 members (excludes halogenated alkanes) is 1. The highest BCUT2D eigenvalue weighted by atomic mass is 16.5. The molecule has 0 aromatic heterocycles. The number of rotatable bonds is 10. The Kier molecular flexibility index (Phi) is 9.62. The van der Waals surface area contributed by atoms with Crippen molar-refractivity contribution in [2.24, 2.45) is 11.8 Å². The molecule has 2 aliphatic rings. The first kappa shape index (κ1) is 20.2. The zero-order valence-electron chi connectivity index (χ0n) is 16.3. The van der Waals surface area contributed by atoms with Crippen LogP contribution in [0.15, 0.2) is 0 Å². The van der Waals surface area contributed by atoms with Crippen molar-refractivity contribution in [2.75, 3.05) is 59.1 Å². The van der Waals surface area contributed by atoms with E-state index in [2.05, 4.69) is 30.6 Å². The van der Waals surface area contributed by atoms with E-state index < -0.39 is 0 Å². The Bertz CT molecular complexity index is 319. The summed E-state index contributed by atoms with van der Waals surface area (Å²) in [6.45, 7) is 16.8. The summed E-state index contributed by atoms with van der Waals surface area (Å²) >= 11 is 0. The fourth-order valence-electron chi connectivity index (χ4n) is 3.79. The summed E-state index contributed by atoms with van der Waals surface area (Å²) in [7, 11) is 0. The first-order valence-electron chi connectivity index (χ1n) is 10.3. The molecule has 0 aliphatic carbocycles. The quantitative estimate of drug-likeness (QED) is 0.570. The standard InChI is InChI=1S/C20H40N2O2/c1-18(2)7-9-22-12-15-24-20(17-22)16-19(3)6-4-5-8-21-10-13-23-14-11-21/h18-20H,4-17H2,1-3H3. The normalized spacial score (nSPS) is 25.2. The second kappa shape index (κ2) is 11.5. The summed E-state index contributed by atoms with van der Waals surface area (Å²) in [5.74, 6) is 1.58. The van der Waals surface area contributed by atoms with Gasteiger partial charge in [0.1, 0.15) is 0 Å². The Hall–Kier alpha value is -0.160. The molecule has 4 heteroatoms. The second-order valence-electron chi connectivity index (χ2n) is 8.27. The molecular formula is C20H40N2O2. The molecule has 4 nitrogen and oxygen atoms in total. The van der Waals surface area contributed by atoms with Gasteiger partial charge in [-0.25, -0.2) is 0 Å². The van der Waals surface area contributed by atoms with Crippen LogP contribution in [0.3, 0.4) is 0 Å². The van der Waals surface area contributed by atoms with Gasteiger partial charge in [-0.3, -0.25) is 9.80 Å². The van der Waals surface area contributed by atoms with Crippen LogP contribution >= 0.6 is 0 Å². The number of hydrogen-bond donors (Lipinski definition) is 0. The Morgan fingerprint density at radius 2 is 1.62 bits per heavy atom. The van der Waals surface area contributed by atoms with E-state index in [1.807, 2.05) is 0 Å². The van der Waals surface area contributed by atoms with Crippen LogP contribution < -0.4 is 0 Å². The summed E-state index contributed by atoms with van der Waals surface area (Å²) in [5, 5.41) is 0. The van der Waals surface area contributed by atoms with Crippen molar-refractivity contribution in [3.63, 3.8) is 0 Å². The maximum atomic E-state index is 6.02. The van der Waals surface area contributed by atoms with Gasteiger partial charge in [0.15, 0.2) is 0 Å². The van der Waals surface area contributed by atoms with Crippen LogP contribution in [0, 0.1) is 11.8 Å². The Labute approximate surface area is 149 Å². The van der Waals surface area contributed by atoms with Gasteiger partial charge in [0.25, 0.3) is 0 Å². The molecule has 0 bridgehead atoms. The molecular weight excluding hydrogens is 300 g/mol. The Morgan fingerprint density at radius 3 is 2.38 bits per heavy atom. The lowest BCUT2D eigenvalue weighted by Gasteiger charge is -2.34. The smallest absolute Gasteiger partial charge is 0.0705 e. The SMILES string of the molecule is CC(C)CCN1CCOC(CC(C)CCCCN2CCOCC2)C1. The molecule has 2 atom stereocenters. The van der Waals surface area contributed by atoms with E-state index in [-0.39, 0.29) is 0 Å². The molecule has 0 saturated carbocycles. The van der Waals surface area contributed by atoms with Gasteiger partial charge >= 0.3 is 0 Å². The molecule has 0 aromatic carbocycles. The lowest BCUT2D eigenvalue weighted by molar-refractivity contribution is -0.0397. The Morgan fingerprint density at radius 1 is 0.875 bits per heavy atom. The van der Waals surface area contributed by atoms with Crippen LogP contribution in [-0.4, -0.2) is 75.0 Å². The molecule has 2 fully saturated rings. The molecule has 0 radical (unpaired) electrons. The third-order valence-corrected chi connectivity index (χ3v) is 5.44. The van der Waals surface area contributed by atoms with Crippen molar-refractivity contribution in [3.05, 3.63) is 0 Å². The summed E-state index contributed by atoms with van der Waals surface area (Å²) in [4.78, 5) is 5.16. The number of nitrogens with zero attached hydrogens (tertiary/aromatic N) is 2. The molecule has 24 heavy (non-hydrogen) atoms. The number of morpholine rings is 2. The van der Waals surface area contributed by atoms with E-state index in [0.29, 0.717) is 6.10 Å². The van der Waals surface area contributed by atoms with E-state index in [1.165, 1.54) is 45.2 Å². The minimum absolute atomic E-state index is 0.458. The first-order valence-corrected chi connectivity index (χ1v) is 10.3. The maximum absolute atomic E-state index is 6.02. The average Bonchev–Trinajstić information content (AvgIpc) is 2.58. The summed E-state index contributed by atoms with van der Waals surface area (Å²) < 4.78 is 11.4. The van der Waals surface area contributed by atoms with Gasteiger partial charge in [0.05, 0.1) is 25.9 Å². The zero-order valence-corrected chi connectivity index (χ0v) is 16.3. The van der Waals surface area contributed by atoms with Gasteiger partial charge in [-0.1, -0.05) is 33.6 Å². The second-order valence-corrected chi connectivity index (χ2v) is 8.27. The molecule has 0 spiro atoms. The third-order valence-electron chi connectivity index (χ3n) is 5.44.